The number of carboxylic acid groups (broad SMARTS) is 2. The number of amides is 3. The fraction of sp³-hybridized carbons (Fsp3) is 0.400. The van der Waals surface area contributed by atoms with Crippen molar-refractivity contribution in [3.63, 3.8) is 0 Å². The van der Waals surface area contributed by atoms with Crippen molar-refractivity contribution in [1.29, 1.82) is 0 Å². The number of benzene rings is 1. The van der Waals surface area contributed by atoms with Crippen LogP contribution in [-0.2, 0) is 24.0 Å². The fourth-order valence-corrected chi connectivity index (χ4v) is 4.28. The van der Waals surface area contributed by atoms with Gasteiger partial charge in [-0.3, -0.25) is 24.0 Å². The summed E-state index contributed by atoms with van der Waals surface area (Å²) in [4.78, 5) is 58.6. The lowest BCUT2D eigenvalue weighted by Crippen LogP contribution is -2.53. The summed E-state index contributed by atoms with van der Waals surface area (Å²) in [5, 5.41) is 23.7. The first-order valence-electron chi connectivity index (χ1n) is 11.6. The van der Waals surface area contributed by atoms with E-state index in [0.29, 0.717) is 22.9 Å². The number of hydrogen-bond donors (Lipinski definition) is 5. The van der Waals surface area contributed by atoms with Gasteiger partial charge in [-0.25, -0.2) is 0 Å². The molecular formula is C25H29Cl2N3O7. The summed E-state index contributed by atoms with van der Waals surface area (Å²) >= 11 is 12.1. The van der Waals surface area contributed by atoms with Crippen LogP contribution >= 0.6 is 23.2 Å². The minimum Gasteiger partial charge on any atom is -0.481 e. The molecule has 200 valence electrons. The molecule has 0 spiro atoms. The highest BCUT2D eigenvalue weighted by molar-refractivity contribution is 6.34. The number of carbonyl (C=O) groups is 5. The molecule has 0 aliphatic heterocycles. The zero-order valence-corrected chi connectivity index (χ0v) is 21.4. The molecule has 3 atom stereocenters. The average molecular weight is 554 g/mol. The third kappa shape index (κ3) is 10.6. The van der Waals surface area contributed by atoms with Gasteiger partial charge in [0.25, 0.3) is 0 Å². The number of rotatable bonds is 14. The van der Waals surface area contributed by atoms with Crippen molar-refractivity contribution in [2.24, 2.45) is 11.7 Å². The quantitative estimate of drug-likeness (QED) is 0.235. The van der Waals surface area contributed by atoms with Crippen molar-refractivity contribution in [1.82, 2.24) is 10.6 Å². The maximum atomic E-state index is 12.7. The van der Waals surface area contributed by atoms with Crippen LogP contribution < -0.4 is 16.4 Å². The maximum absolute atomic E-state index is 12.7. The predicted molar refractivity (Wildman–Crippen MR) is 138 cm³/mol. The first kappa shape index (κ1) is 29.9. The summed E-state index contributed by atoms with van der Waals surface area (Å²) in [6.45, 7) is 0. The van der Waals surface area contributed by atoms with Crippen molar-refractivity contribution in [2.45, 2.75) is 57.0 Å². The Morgan fingerprint density at radius 2 is 1.51 bits per heavy atom. The normalized spacial score (nSPS) is 16.3. The molecule has 0 saturated heterocycles. The summed E-state index contributed by atoms with van der Waals surface area (Å²) in [7, 11) is 0. The molecule has 10 nitrogen and oxygen atoms in total. The second-order valence-electron chi connectivity index (χ2n) is 8.66. The predicted octanol–water partition coefficient (Wildman–Crippen LogP) is 2.92. The molecule has 2 rings (SSSR count). The number of hydrogen-bond acceptors (Lipinski definition) is 5. The molecular weight excluding hydrogens is 525 g/mol. The first-order valence-corrected chi connectivity index (χ1v) is 12.4. The molecule has 1 aromatic carbocycles. The van der Waals surface area contributed by atoms with E-state index >= 15 is 0 Å². The Morgan fingerprint density at radius 1 is 0.919 bits per heavy atom. The lowest BCUT2D eigenvalue weighted by atomic mass is 9.90. The van der Waals surface area contributed by atoms with Crippen molar-refractivity contribution in [3.05, 3.63) is 52.0 Å². The zero-order chi connectivity index (χ0) is 27.5. The molecule has 37 heavy (non-hydrogen) atoms. The standard InChI is InChI=1S/C25H29Cl2N3O7/c26-17-11-16(12-18(27)13-17)15-4-1-14(2-5-15)3-8-21(31)29-20(7-10-23(34)35)25(37)30-19(24(28)36)6-9-22(32)33/h1,4-5,11-14,19-20H,2-3,6-10H2,(H2,28,36)(H,29,31)(H,30,37)(H,32,33)(H,34,35)/t14?,19-,20?/m0/s1. The van der Waals surface area contributed by atoms with Gasteiger partial charge >= 0.3 is 11.9 Å². The van der Waals surface area contributed by atoms with E-state index in [-0.39, 0.29) is 25.2 Å². The van der Waals surface area contributed by atoms with E-state index in [2.05, 4.69) is 10.6 Å². The SMILES string of the molecule is NC(=O)[C@H](CCC(=O)O)NC(=O)C(CCC(=O)O)NC(=O)CCC1C=CC(c2cc(Cl)cc(Cl)c2)=CC1. The summed E-state index contributed by atoms with van der Waals surface area (Å²) in [6.07, 6.45) is 5.91. The van der Waals surface area contributed by atoms with Crippen LogP contribution in [0.15, 0.2) is 36.4 Å². The molecule has 1 aliphatic carbocycles. The first-order chi connectivity index (χ1) is 17.4. The lowest BCUT2D eigenvalue weighted by molar-refractivity contribution is -0.139. The molecule has 12 heteroatoms. The molecule has 0 aromatic heterocycles. The molecule has 0 saturated carbocycles. The third-order valence-corrected chi connectivity index (χ3v) is 6.17. The van der Waals surface area contributed by atoms with Crippen molar-refractivity contribution < 1.29 is 34.2 Å². The minimum atomic E-state index is -1.27. The second-order valence-corrected chi connectivity index (χ2v) is 9.53. The number of allylic oxidation sites excluding steroid dienone is 4. The van der Waals surface area contributed by atoms with Crippen LogP contribution in [0.3, 0.4) is 0 Å². The number of aliphatic carboxylic acids is 2. The van der Waals surface area contributed by atoms with Crippen LogP contribution in [-0.4, -0.2) is 52.0 Å². The minimum absolute atomic E-state index is 0.0747. The molecule has 2 unspecified atom stereocenters. The van der Waals surface area contributed by atoms with Gasteiger partial charge in [-0.05, 0) is 60.9 Å². The van der Waals surface area contributed by atoms with E-state index in [1.807, 2.05) is 30.4 Å². The molecule has 0 fully saturated rings. The molecule has 0 radical (unpaired) electrons. The Kier molecular flexibility index (Phi) is 11.6. The number of halogens is 2. The fourth-order valence-electron chi connectivity index (χ4n) is 3.76. The Morgan fingerprint density at radius 3 is 2.03 bits per heavy atom. The number of primary amides is 1. The molecule has 0 heterocycles. The highest BCUT2D eigenvalue weighted by Gasteiger charge is 2.27. The van der Waals surface area contributed by atoms with E-state index in [0.717, 1.165) is 11.1 Å². The molecule has 0 bridgehead atoms. The number of carboxylic acids is 2. The monoisotopic (exact) mass is 553 g/mol. The van der Waals surface area contributed by atoms with Crippen LogP contribution in [0.5, 0.6) is 0 Å². The topological polar surface area (TPSA) is 176 Å². The Balaban J connectivity index is 1.93. The van der Waals surface area contributed by atoms with E-state index in [9.17, 15) is 24.0 Å². The van der Waals surface area contributed by atoms with Gasteiger partial charge in [0.05, 0.1) is 0 Å². The van der Waals surface area contributed by atoms with Gasteiger partial charge in [0, 0.05) is 29.3 Å². The summed E-state index contributed by atoms with van der Waals surface area (Å²) in [6, 6.07) is 2.77. The van der Waals surface area contributed by atoms with Gasteiger partial charge in [0.1, 0.15) is 12.1 Å². The van der Waals surface area contributed by atoms with Crippen LogP contribution in [0.25, 0.3) is 5.57 Å². The van der Waals surface area contributed by atoms with Crippen molar-refractivity contribution >= 4 is 58.4 Å². The van der Waals surface area contributed by atoms with Crippen LogP contribution in [0.2, 0.25) is 10.0 Å². The van der Waals surface area contributed by atoms with Gasteiger partial charge < -0.3 is 26.6 Å². The molecule has 1 aromatic rings. The van der Waals surface area contributed by atoms with Crippen molar-refractivity contribution in [3.8, 4) is 0 Å². The summed E-state index contributed by atoms with van der Waals surface area (Å²) < 4.78 is 0. The second kappa shape index (κ2) is 14.4. The van der Waals surface area contributed by atoms with Gasteiger partial charge in [-0.2, -0.15) is 0 Å². The van der Waals surface area contributed by atoms with Crippen LogP contribution in [0.4, 0.5) is 0 Å². The van der Waals surface area contributed by atoms with Gasteiger partial charge in [0.2, 0.25) is 17.7 Å². The maximum Gasteiger partial charge on any atom is 0.303 e. The Labute approximate surface area is 223 Å². The van der Waals surface area contributed by atoms with E-state index in [1.54, 1.807) is 6.07 Å². The average Bonchev–Trinajstić information content (AvgIpc) is 2.82. The molecule has 6 N–H and O–H groups in total. The highest BCUT2D eigenvalue weighted by atomic mass is 35.5. The van der Waals surface area contributed by atoms with E-state index < -0.39 is 54.6 Å². The van der Waals surface area contributed by atoms with Crippen molar-refractivity contribution in [2.75, 3.05) is 0 Å². The number of carbonyl (C=O) groups excluding carboxylic acids is 3. The Hall–Kier alpha value is -3.37. The van der Waals surface area contributed by atoms with Gasteiger partial charge in [0.15, 0.2) is 0 Å². The number of nitrogens with one attached hydrogen (secondary N) is 2. The van der Waals surface area contributed by atoms with Gasteiger partial charge in [-0.1, -0.05) is 41.4 Å². The highest BCUT2D eigenvalue weighted by Crippen LogP contribution is 2.30. The number of nitrogens with two attached hydrogens (primary N) is 1. The van der Waals surface area contributed by atoms with Crippen LogP contribution in [0, 0.1) is 5.92 Å². The van der Waals surface area contributed by atoms with E-state index in [4.69, 9.17) is 39.1 Å². The lowest BCUT2D eigenvalue weighted by Gasteiger charge is -2.22. The smallest absolute Gasteiger partial charge is 0.303 e. The van der Waals surface area contributed by atoms with Gasteiger partial charge in [-0.15, -0.1) is 0 Å². The molecule has 3 amide bonds. The summed E-state index contributed by atoms with van der Waals surface area (Å²) in [5.74, 6) is -4.47. The largest absolute Gasteiger partial charge is 0.481 e. The van der Waals surface area contributed by atoms with Crippen LogP contribution in [0.1, 0.15) is 50.5 Å². The third-order valence-electron chi connectivity index (χ3n) is 5.73. The Bertz CT molecular complexity index is 1080. The molecule has 1 aliphatic rings. The zero-order valence-electron chi connectivity index (χ0n) is 19.9. The van der Waals surface area contributed by atoms with E-state index in [1.165, 1.54) is 0 Å². The summed E-state index contributed by atoms with van der Waals surface area (Å²) in [5.41, 5.74) is 7.08.